The molecule has 5 heteroatoms. The summed E-state index contributed by atoms with van der Waals surface area (Å²) in [6, 6.07) is 5.23. The Labute approximate surface area is 115 Å². The Hall–Kier alpha value is -1.68. The Bertz CT molecular complexity index is 659. The largest absolute Gasteiger partial charge is 0.276 e. The molecule has 1 aliphatic carbocycles. The molecule has 4 nitrogen and oxygen atoms in total. The number of fused-ring (bicyclic) bond motifs is 4. The number of aliphatic imine (C=N–C) groups is 1. The van der Waals surface area contributed by atoms with Gasteiger partial charge in [0.25, 0.3) is 11.8 Å². The first-order chi connectivity index (χ1) is 9.15. The number of hydrogen-bond acceptors (Lipinski definition) is 2. The molecule has 0 unspecified atom stereocenters. The van der Waals surface area contributed by atoms with Crippen molar-refractivity contribution in [2.45, 2.75) is 31.2 Å². The fraction of sp³-hybridized carbons (Fsp3) is 0.357. The van der Waals surface area contributed by atoms with Crippen LogP contribution < -0.4 is 0 Å². The minimum atomic E-state index is -0.727. The van der Waals surface area contributed by atoms with Crippen LogP contribution in [0.15, 0.2) is 23.2 Å². The smallest absolute Gasteiger partial charge is 0.274 e. The second-order valence-electron chi connectivity index (χ2n) is 5.28. The summed E-state index contributed by atoms with van der Waals surface area (Å²) in [5.74, 6) is 0.139. The molecule has 2 amide bonds. The number of halogens is 1. The maximum atomic E-state index is 12.6. The lowest BCUT2D eigenvalue weighted by molar-refractivity contribution is -0.124. The van der Waals surface area contributed by atoms with E-state index in [0.717, 1.165) is 12.8 Å². The molecule has 0 N–H and O–H groups in total. The minimum absolute atomic E-state index is 0.135. The average molecular weight is 275 g/mol. The van der Waals surface area contributed by atoms with Crippen LogP contribution in [0, 0.1) is 0 Å². The van der Waals surface area contributed by atoms with Gasteiger partial charge < -0.3 is 0 Å². The third kappa shape index (κ3) is 1.18. The summed E-state index contributed by atoms with van der Waals surface area (Å²) < 4.78 is 0. The Morgan fingerprint density at radius 1 is 1.21 bits per heavy atom. The third-order valence-electron chi connectivity index (χ3n) is 4.35. The third-order valence-corrected chi connectivity index (χ3v) is 4.66. The normalized spacial score (nSPS) is 23.0. The zero-order valence-corrected chi connectivity index (χ0v) is 10.9. The summed E-state index contributed by atoms with van der Waals surface area (Å²) in [6.07, 6.45) is 3.33. The molecule has 96 valence electrons. The van der Waals surface area contributed by atoms with Gasteiger partial charge in [-0.05, 0) is 25.0 Å². The van der Waals surface area contributed by atoms with E-state index in [2.05, 4.69) is 4.99 Å². The highest BCUT2D eigenvalue weighted by molar-refractivity contribution is 6.40. The molecule has 1 aromatic rings. The van der Waals surface area contributed by atoms with Gasteiger partial charge in [0, 0.05) is 5.56 Å². The van der Waals surface area contributed by atoms with Gasteiger partial charge >= 0.3 is 0 Å². The standard InChI is InChI=1S/C14H11ClN2O2/c15-9-5-3-4-8-10(9)11-16-13(19)14(6-1-2-7-14)17(11)12(8)18/h3-5H,1-2,6-7H2. The van der Waals surface area contributed by atoms with E-state index in [9.17, 15) is 9.59 Å². The predicted octanol–water partition coefficient (Wildman–Crippen LogP) is 2.40. The highest BCUT2D eigenvalue weighted by Gasteiger charge is 2.58. The second kappa shape index (κ2) is 3.45. The van der Waals surface area contributed by atoms with E-state index in [1.807, 2.05) is 0 Å². The molecule has 19 heavy (non-hydrogen) atoms. The van der Waals surface area contributed by atoms with E-state index < -0.39 is 5.54 Å². The molecule has 0 radical (unpaired) electrons. The lowest BCUT2D eigenvalue weighted by atomic mass is 9.95. The highest BCUT2D eigenvalue weighted by atomic mass is 35.5. The van der Waals surface area contributed by atoms with E-state index in [4.69, 9.17) is 11.6 Å². The summed E-state index contributed by atoms with van der Waals surface area (Å²) in [4.78, 5) is 30.6. The van der Waals surface area contributed by atoms with Crippen molar-refractivity contribution in [3.8, 4) is 0 Å². The topological polar surface area (TPSA) is 49.7 Å². The van der Waals surface area contributed by atoms with Crippen molar-refractivity contribution in [1.82, 2.24) is 4.90 Å². The number of hydrogen-bond donors (Lipinski definition) is 0. The number of rotatable bonds is 0. The summed E-state index contributed by atoms with van der Waals surface area (Å²) in [5, 5.41) is 0.481. The fourth-order valence-electron chi connectivity index (χ4n) is 3.45. The van der Waals surface area contributed by atoms with Gasteiger partial charge in [-0.1, -0.05) is 30.5 Å². The number of amides is 2. The molecule has 1 fully saturated rings. The van der Waals surface area contributed by atoms with Crippen molar-refractivity contribution in [2.24, 2.45) is 4.99 Å². The van der Waals surface area contributed by atoms with Crippen molar-refractivity contribution in [2.75, 3.05) is 0 Å². The molecule has 3 aliphatic rings. The SMILES string of the molecule is O=C1c2cccc(Cl)c2C2=NC(=O)C3(CCCC3)N12. The van der Waals surface area contributed by atoms with Crippen LogP contribution in [-0.2, 0) is 4.79 Å². The molecule has 0 saturated heterocycles. The zero-order chi connectivity index (χ0) is 13.2. The molecule has 0 atom stereocenters. The lowest BCUT2D eigenvalue weighted by Gasteiger charge is -2.29. The quantitative estimate of drug-likeness (QED) is 0.729. The number of benzene rings is 1. The summed E-state index contributed by atoms with van der Waals surface area (Å²) in [7, 11) is 0. The first kappa shape index (κ1) is 11.2. The van der Waals surface area contributed by atoms with Gasteiger partial charge in [0.2, 0.25) is 0 Å². The number of amidine groups is 1. The Kier molecular flexibility index (Phi) is 2.03. The summed E-state index contributed by atoms with van der Waals surface area (Å²) in [6.45, 7) is 0. The first-order valence-electron chi connectivity index (χ1n) is 6.42. The van der Waals surface area contributed by atoms with E-state index in [1.165, 1.54) is 0 Å². The first-order valence-corrected chi connectivity index (χ1v) is 6.79. The summed E-state index contributed by atoms with van der Waals surface area (Å²) >= 11 is 6.17. The summed E-state index contributed by atoms with van der Waals surface area (Å²) in [5.41, 5.74) is 0.450. The van der Waals surface area contributed by atoms with Crippen molar-refractivity contribution in [3.05, 3.63) is 34.3 Å². The van der Waals surface area contributed by atoms with E-state index in [-0.39, 0.29) is 11.8 Å². The maximum Gasteiger partial charge on any atom is 0.274 e. The molecule has 0 bridgehead atoms. The van der Waals surface area contributed by atoms with Crippen LogP contribution in [0.5, 0.6) is 0 Å². The molecule has 2 heterocycles. The monoisotopic (exact) mass is 274 g/mol. The average Bonchev–Trinajstić information content (AvgIpc) is 3.03. The van der Waals surface area contributed by atoms with E-state index in [0.29, 0.717) is 34.8 Å². The predicted molar refractivity (Wildman–Crippen MR) is 70.4 cm³/mol. The van der Waals surface area contributed by atoms with Crippen LogP contribution in [0.4, 0.5) is 0 Å². The maximum absolute atomic E-state index is 12.6. The van der Waals surface area contributed by atoms with Crippen molar-refractivity contribution < 1.29 is 9.59 Å². The molecule has 1 spiro atoms. The van der Waals surface area contributed by atoms with Crippen molar-refractivity contribution in [3.63, 3.8) is 0 Å². The number of nitrogens with zero attached hydrogens (tertiary/aromatic N) is 2. The minimum Gasteiger partial charge on any atom is -0.276 e. The van der Waals surface area contributed by atoms with Crippen molar-refractivity contribution in [1.29, 1.82) is 0 Å². The fourth-order valence-corrected chi connectivity index (χ4v) is 3.71. The van der Waals surface area contributed by atoms with Gasteiger partial charge in [0.1, 0.15) is 11.4 Å². The van der Waals surface area contributed by atoms with E-state index in [1.54, 1.807) is 23.1 Å². The van der Waals surface area contributed by atoms with Gasteiger partial charge in [-0.15, -0.1) is 0 Å². The number of carbonyl (C=O) groups is 2. The van der Waals surface area contributed by atoms with Gasteiger partial charge in [-0.3, -0.25) is 14.5 Å². The van der Waals surface area contributed by atoms with Gasteiger partial charge in [-0.25, -0.2) is 0 Å². The molecule has 1 saturated carbocycles. The van der Waals surface area contributed by atoms with Crippen molar-refractivity contribution >= 4 is 29.3 Å². The zero-order valence-electron chi connectivity index (χ0n) is 10.1. The van der Waals surface area contributed by atoms with Crippen LogP contribution in [0.2, 0.25) is 5.02 Å². The Balaban J connectivity index is 1.96. The molecule has 1 aromatic carbocycles. The van der Waals surface area contributed by atoms with Crippen LogP contribution in [0.25, 0.3) is 0 Å². The van der Waals surface area contributed by atoms with Gasteiger partial charge in [-0.2, -0.15) is 4.99 Å². The Morgan fingerprint density at radius 2 is 1.95 bits per heavy atom. The second-order valence-corrected chi connectivity index (χ2v) is 5.69. The highest BCUT2D eigenvalue weighted by Crippen LogP contribution is 2.46. The molecular weight excluding hydrogens is 264 g/mol. The molecule has 2 aliphatic heterocycles. The molecule has 0 aromatic heterocycles. The van der Waals surface area contributed by atoms with Crippen LogP contribution >= 0.6 is 11.6 Å². The van der Waals surface area contributed by atoms with Crippen LogP contribution in [0.1, 0.15) is 41.6 Å². The van der Waals surface area contributed by atoms with Gasteiger partial charge in [0.15, 0.2) is 0 Å². The number of carbonyl (C=O) groups excluding carboxylic acids is 2. The van der Waals surface area contributed by atoms with Crippen LogP contribution in [-0.4, -0.2) is 28.1 Å². The lowest BCUT2D eigenvalue weighted by Crippen LogP contribution is -2.50. The van der Waals surface area contributed by atoms with Crippen LogP contribution in [0.3, 0.4) is 0 Å². The van der Waals surface area contributed by atoms with E-state index >= 15 is 0 Å². The Morgan fingerprint density at radius 3 is 2.68 bits per heavy atom. The van der Waals surface area contributed by atoms with Gasteiger partial charge in [0.05, 0.1) is 10.6 Å². The molecular formula is C14H11ClN2O2. The molecule has 4 rings (SSSR count).